The molecule has 9 rings (SSSR count). The lowest BCUT2D eigenvalue weighted by Gasteiger charge is -2.40. The van der Waals surface area contributed by atoms with Gasteiger partial charge in [0.05, 0.1) is 11.4 Å². The van der Waals surface area contributed by atoms with E-state index in [2.05, 4.69) is 4.99 Å². The molecule has 1 aliphatic carbocycles. The first-order chi connectivity index (χ1) is 24.0. The monoisotopic (exact) mass is 705 g/mol. The molecule has 0 amide bonds. The van der Waals surface area contributed by atoms with E-state index in [1.54, 1.807) is 24.3 Å². The summed E-state index contributed by atoms with van der Waals surface area (Å²) < 4.78 is 51.0. The molecule has 0 radical (unpaired) electrons. The predicted octanol–water partition coefficient (Wildman–Crippen LogP) is 4.82. The Morgan fingerprint density at radius 2 is 1.60 bits per heavy atom. The zero-order valence-electron chi connectivity index (χ0n) is 28.0. The fraction of sp³-hybridized carbons (Fsp3) is 0.447. The highest BCUT2D eigenvalue weighted by molar-refractivity contribution is 7.86. The number of aryl methyl sites for hydroxylation is 1. The van der Waals surface area contributed by atoms with Crippen molar-refractivity contribution in [3.05, 3.63) is 107 Å². The summed E-state index contributed by atoms with van der Waals surface area (Å²) >= 11 is 0. The summed E-state index contributed by atoms with van der Waals surface area (Å²) in [5, 5.41) is 28.4. The molecule has 0 saturated carbocycles. The number of guanidine groups is 1. The molecule has 1 saturated heterocycles. The standard InChI is InChI=1S/C38H47N3O8S/c39-37(40)41-38(18-2-20-43)29-11-7-25(8-12-29)35-27-21-28(36(26-9-13-30(44)14-10-26)48-32(22-27)3-1-19-42)23-33(35)34(50(45,46)47)17-6-24-4-15-31(49-38)16-5-24/h4-5,7-16,23,27,32-36,42-44H,1-3,6,17-22H2,(H4,39,40,41)(H,45,46,47)/t27-,32+,33+,34+,35+,36-,38-/m0/s1. The number of aliphatic hydroxyl groups is 2. The van der Waals surface area contributed by atoms with E-state index in [1.807, 2.05) is 54.6 Å². The van der Waals surface area contributed by atoms with Gasteiger partial charge in [0, 0.05) is 31.1 Å². The van der Waals surface area contributed by atoms with E-state index in [0.717, 1.165) is 22.3 Å². The Kier molecular flexibility index (Phi) is 10.8. The van der Waals surface area contributed by atoms with Gasteiger partial charge in [-0.1, -0.05) is 54.6 Å². The molecule has 6 bridgehead atoms. The third-order valence-electron chi connectivity index (χ3n) is 10.4. The molecule has 0 spiro atoms. The second-order valence-electron chi connectivity index (χ2n) is 13.7. The first-order valence-electron chi connectivity index (χ1n) is 17.3. The van der Waals surface area contributed by atoms with Crippen molar-refractivity contribution in [2.24, 2.45) is 28.3 Å². The summed E-state index contributed by atoms with van der Waals surface area (Å²) in [6.07, 6.45) is 4.95. The maximum atomic E-state index is 13.4. The number of phenolic OH excluding ortho intramolecular Hbond substituents is 1. The second kappa shape index (κ2) is 15.1. The van der Waals surface area contributed by atoms with Crippen LogP contribution < -0.4 is 16.2 Å². The Morgan fingerprint density at radius 3 is 2.24 bits per heavy atom. The molecule has 8 N–H and O–H groups in total. The lowest BCUT2D eigenvalue weighted by Crippen LogP contribution is -2.39. The lowest BCUT2D eigenvalue weighted by molar-refractivity contribution is -0.00268. The second-order valence-corrected chi connectivity index (χ2v) is 15.4. The van der Waals surface area contributed by atoms with Crippen LogP contribution in [0.5, 0.6) is 11.5 Å². The highest BCUT2D eigenvalue weighted by atomic mass is 32.2. The summed E-state index contributed by atoms with van der Waals surface area (Å²) in [5.41, 5.74) is 14.8. The summed E-state index contributed by atoms with van der Waals surface area (Å²) in [7, 11) is -4.53. The average Bonchev–Trinajstić information content (AvgIpc) is 3.22. The highest BCUT2D eigenvalue weighted by Gasteiger charge is 2.47. The van der Waals surface area contributed by atoms with E-state index < -0.39 is 33.1 Å². The minimum absolute atomic E-state index is 0.0201. The quantitative estimate of drug-likeness (QED) is 0.0777. The van der Waals surface area contributed by atoms with Gasteiger partial charge in [-0.3, -0.25) is 4.55 Å². The van der Waals surface area contributed by atoms with Crippen molar-refractivity contribution in [2.75, 3.05) is 13.2 Å². The van der Waals surface area contributed by atoms with Crippen LogP contribution in [0.25, 0.3) is 0 Å². The van der Waals surface area contributed by atoms with Gasteiger partial charge in [-0.25, -0.2) is 4.99 Å². The van der Waals surface area contributed by atoms with Gasteiger partial charge in [-0.15, -0.1) is 0 Å². The fourth-order valence-corrected chi connectivity index (χ4v) is 9.26. The molecule has 12 heteroatoms. The van der Waals surface area contributed by atoms with Gasteiger partial charge in [0.25, 0.3) is 10.1 Å². The number of aromatic hydroxyl groups is 1. The Labute approximate surface area is 293 Å². The van der Waals surface area contributed by atoms with Crippen LogP contribution in [-0.4, -0.2) is 58.8 Å². The molecule has 3 aromatic carbocycles. The third kappa shape index (κ3) is 7.84. The summed E-state index contributed by atoms with van der Waals surface area (Å²) in [6, 6.07) is 21.9. The Hall–Kier alpha value is -3.94. The number of ether oxygens (including phenoxy) is 2. The van der Waals surface area contributed by atoms with Crippen molar-refractivity contribution in [3.63, 3.8) is 0 Å². The molecular weight excluding hydrogens is 658 g/mol. The number of nitrogens with zero attached hydrogens (tertiary/aromatic N) is 1. The number of aliphatic imine (C=N–C) groups is 1. The van der Waals surface area contributed by atoms with Crippen molar-refractivity contribution < 1.29 is 37.8 Å². The van der Waals surface area contributed by atoms with E-state index >= 15 is 0 Å². The Balaban J connectivity index is 1.54. The molecule has 11 nitrogen and oxygen atoms in total. The molecule has 50 heavy (non-hydrogen) atoms. The van der Waals surface area contributed by atoms with Gasteiger partial charge in [0.2, 0.25) is 5.72 Å². The number of allylic oxidation sites excluding steroid dienone is 1. The van der Waals surface area contributed by atoms with Crippen LogP contribution in [0, 0.1) is 11.8 Å². The molecule has 6 aliphatic rings. The number of phenols is 1. The van der Waals surface area contributed by atoms with Crippen molar-refractivity contribution in [1.29, 1.82) is 0 Å². The van der Waals surface area contributed by atoms with Crippen LogP contribution in [0.2, 0.25) is 0 Å². The average molecular weight is 706 g/mol. The fourth-order valence-electron chi connectivity index (χ4n) is 8.20. The molecular formula is C38H47N3O8S. The number of nitrogens with two attached hydrogens (primary N) is 2. The van der Waals surface area contributed by atoms with Crippen LogP contribution in [0.3, 0.4) is 0 Å². The number of benzene rings is 3. The smallest absolute Gasteiger partial charge is 0.268 e. The molecule has 3 aromatic rings. The van der Waals surface area contributed by atoms with Crippen molar-refractivity contribution in [3.8, 4) is 11.5 Å². The van der Waals surface area contributed by atoms with Gasteiger partial charge in [0.15, 0.2) is 5.96 Å². The number of fused-ring (bicyclic) bond motifs is 2. The zero-order chi connectivity index (χ0) is 35.5. The van der Waals surface area contributed by atoms with Crippen LogP contribution in [0.15, 0.2) is 89.4 Å². The van der Waals surface area contributed by atoms with Crippen molar-refractivity contribution in [1.82, 2.24) is 0 Å². The molecule has 5 heterocycles. The topological polar surface area (TPSA) is 198 Å². The number of rotatable bonds is 9. The van der Waals surface area contributed by atoms with Gasteiger partial charge >= 0.3 is 0 Å². The molecule has 268 valence electrons. The molecule has 0 aromatic heterocycles. The maximum Gasteiger partial charge on any atom is 0.268 e. The van der Waals surface area contributed by atoms with E-state index in [9.17, 15) is 28.3 Å². The largest absolute Gasteiger partial charge is 0.508 e. The third-order valence-corrected chi connectivity index (χ3v) is 11.7. The normalized spacial score (nSPS) is 27.9. The first kappa shape index (κ1) is 35.9. The minimum Gasteiger partial charge on any atom is -0.508 e. The SMILES string of the molecule is NC(N)=N[C@@]1(CCCO)Oc2ccc(cc2)CC[C@@H](S(=O)(=O)O)[C@H]2C=C3C[C@@H](C[C@@H](CCCO)O[C@H]3c3ccc(O)cc3)[C@H]2c2ccc1cc2. The Morgan fingerprint density at radius 1 is 0.920 bits per heavy atom. The number of hydrogen-bond acceptors (Lipinski definition) is 8. The molecule has 5 aliphatic heterocycles. The Bertz CT molecular complexity index is 1780. The van der Waals surface area contributed by atoms with Crippen molar-refractivity contribution in [2.45, 2.75) is 80.5 Å². The highest BCUT2D eigenvalue weighted by Crippen LogP contribution is 2.53. The van der Waals surface area contributed by atoms with E-state index in [4.69, 9.17) is 20.9 Å². The predicted molar refractivity (Wildman–Crippen MR) is 190 cm³/mol. The summed E-state index contributed by atoms with van der Waals surface area (Å²) in [5.74, 6) is -0.491. The molecule has 0 unspecified atom stereocenters. The maximum absolute atomic E-state index is 13.4. The van der Waals surface area contributed by atoms with Crippen molar-refractivity contribution >= 4 is 16.1 Å². The van der Waals surface area contributed by atoms with Crippen LogP contribution in [0.1, 0.15) is 79.2 Å². The van der Waals surface area contributed by atoms with Gasteiger partial charge in [-0.05, 0) is 103 Å². The van der Waals surface area contributed by atoms with Crippen LogP contribution in [0.4, 0.5) is 0 Å². The summed E-state index contributed by atoms with van der Waals surface area (Å²) in [6.45, 7) is -0.0733. The van der Waals surface area contributed by atoms with Gasteiger partial charge in [0.1, 0.15) is 17.6 Å². The molecule has 7 atom stereocenters. The first-order valence-corrected chi connectivity index (χ1v) is 18.8. The number of aliphatic hydroxyl groups excluding tert-OH is 2. The van der Waals surface area contributed by atoms with Crippen LogP contribution in [-0.2, 0) is 27.0 Å². The van der Waals surface area contributed by atoms with E-state index in [-0.39, 0.29) is 55.7 Å². The number of hydrogen-bond donors (Lipinski definition) is 6. The van der Waals surface area contributed by atoms with Crippen LogP contribution >= 0.6 is 0 Å². The molecule has 1 fully saturated rings. The van der Waals surface area contributed by atoms with E-state index in [0.29, 0.717) is 49.8 Å². The van der Waals surface area contributed by atoms with Gasteiger partial charge in [-0.2, -0.15) is 8.42 Å². The van der Waals surface area contributed by atoms with E-state index in [1.165, 1.54) is 0 Å². The minimum atomic E-state index is -4.53. The lowest BCUT2D eigenvalue weighted by atomic mass is 9.66. The summed E-state index contributed by atoms with van der Waals surface area (Å²) in [4.78, 5) is 4.58. The van der Waals surface area contributed by atoms with Gasteiger partial charge < -0.3 is 36.3 Å². The zero-order valence-corrected chi connectivity index (χ0v) is 28.8.